The molecule has 2 rings (SSSR count). The van der Waals surface area contributed by atoms with Crippen molar-refractivity contribution in [3.8, 4) is 0 Å². The highest BCUT2D eigenvalue weighted by atomic mass is 35.5. The van der Waals surface area contributed by atoms with Crippen molar-refractivity contribution in [3.63, 3.8) is 0 Å². The highest BCUT2D eigenvalue weighted by Gasteiger charge is 2.33. The largest absolute Gasteiger partial charge is 0.316 e. The van der Waals surface area contributed by atoms with Gasteiger partial charge in [-0.05, 0) is 31.5 Å². The number of hydrogen-bond donors (Lipinski definition) is 1. The van der Waals surface area contributed by atoms with Gasteiger partial charge in [-0.2, -0.15) is 4.31 Å². The van der Waals surface area contributed by atoms with Crippen LogP contribution in [-0.2, 0) is 16.6 Å². The maximum absolute atomic E-state index is 12.8. The van der Waals surface area contributed by atoms with Gasteiger partial charge in [0.25, 0.3) is 0 Å². The van der Waals surface area contributed by atoms with Gasteiger partial charge in [0.05, 0.1) is 5.02 Å². The third kappa shape index (κ3) is 3.37. The molecule has 0 bridgehead atoms. The van der Waals surface area contributed by atoms with E-state index in [9.17, 15) is 8.42 Å². The summed E-state index contributed by atoms with van der Waals surface area (Å²) in [6, 6.07) is 3.10. The first-order valence-corrected chi connectivity index (χ1v) is 9.23. The monoisotopic (exact) mass is 350 g/mol. The molecule has 4 nitrogen and oxygen atoms in total. The van der Waals surface area contributed by atoms with Crippen molar-refractivity contribution < 1.29 is 8.42 Å². The number of nitrogens with zero attached hydrogens (tertiary/aromatic N) is 1. The molecule has 118 valence electrons. The van der Waals surface area contributed by atoms with Gasteiger partial charge in [-0.15, -0.1) is 0 Å². The Bertz CT molecular complexity index is 620. The normalized spacial score (nSPS) is 20.1. The lowest BCUT2D eigenvalue weighted by Gasteiger charge is -2.19. The van der Waals surface area contributed by atoms with Gasteiger partial charge < -0.3 is 5.32 Å². The molecule has 1 aromatic rings. The second-order valence-electron chi connectivity index (χ2n) is 5.29. The predicted molar refractivity (Wildman–Crippen MR) is 86.4 cm³/mol. The Morgan fingerprint density at radius 1 is 1.38 bits per heavy atom. The first-order valence-electron chi connectivity index (χ1n) is 7.03. The van der Waals surface area contributed by atoms with E-state index >= 15 is 0 Å². The Kier molecular flexibility index (Phi) is 5.54. The summed E-state index contributed by atoms with van der Waals surface area (Å²) in [5.74, 6) is 0.433. The molecule has 0 radical (unpaired) electrons. The zero-order valence-electron chi connectivity index (χ0n) is 12.2. The van der Waals surface area contributed by atoms with Crippen LogP contribution < -0.4 is 5.32 Å². The van der Waals surface area contributed by atoms with Gasteiger partial charge in [0.1, 0.15) is 4.90 Å². The molecule has 0 aliphatic carbocycles. The molecule has 1 heterocycles. The summed E-state index contributed by atoms with van der Waals surface area (Å²) in [6.07, 6.45) is 1.90. The van der Waals surface area contributed by atoms with Crippen LogP contribution in [0.25, 0.3) is 0 Å². The molecule has 1 N–H and O–H groups in total. The minimum Gasteiger partial charge on any atom is -0.316 e. The molecule has 1 fully saturated rings. The molecule has 1 aromatic carbocycles. The quantitative estimate of drug-likeness (QED) is 0.887. The van der Waals surface area contributed by atoms with Gasteiger partial charge >= 0.3 is 0 Å². The standard InChI is InChI=1S/C14H20Cl2N2O2S/c1-3-10-6-7-18(9-10)21(19,20)13-5-4-12(15)11(8-17-2)14(13)16/h4-5,10,17H,3,6-9H2,1-2H3. The van der Waals surface area contributed by atoms with E-state index in [4.69, 9.17) is 23.2 Å². The van der Waals surface area contributed by atoms with E-state index in [1.54, 1.807) is 13.1 Å². The minimum atomic E-state index is -3.55. The molecule has 0 saturated carbocycles. The second-order valence-corrected chi connectivity index (χ2v) is 7.99. The van der Waals surface area contributed by atoms with E-state index in [0.29, 0.717) is 36.1 Å². The lowest BCUT2D eigenvalue weighted by molar-refractivity contribution is 0.453. The maximum atomic E-state index is 12.8. The Balaban J connectivity index is 2.39. The number of benzene rings is 1. The zero-order chi connectivity index (χ0) is 15.6. The van der Waals surface area contributed by atoms with Crippen LogP contribution in [0.4, 0.5) is 0 Å². The van der Waals surface area contributed by atoms with Crippen molar-refractivity contribution >= 4 is 33.2 Å². The highest BCUT2D eigenvalue weighted by Crippen LogP contribution is 2.34. The van der Waals surface area contributed by atoms with Crippen LogP contribution in [0.5, 0.6) is 0 Å². The lowest BCUT2D eigenvalue weighted by atomic mass is 10.1. The number of rotatable bonds is 5. The first-order chi connectivity index (χ1) is 9.91. The number of hydrogen-bond acceptors (Lipinski definition) is 3. The van der Waals surface area contributed by atoms with Crippen molar-refractivity contribution in [2.24, 2.45) is 5.92 Å². The van der Waals surface area contributed by atoms with Crippen LogP contribution in [0, 0.1) is 5.92 Å². The van der Waals surface area contributed by atoms with Crippen molar-refractivity contribution in [2.45, 2.75) is 31.2 Å². The number of nitrogens with one attached hydrogen (secondary N) is 1. The molecule has 1 unspecified atom stereocenters. The topological polar surface area (TPSA) is 49.4 Å². The summed E-state index contributed by atoms with van der Waals surface area (Å²) < 4.78 is 27.1. The third-order valence-electron chi connectivity index (χ3n) is 3.95. The summed E-state index contributed by atoms with van der Waals surface area (Å²) in [6.45, 7) is 3.64. The maximum Gasteiger partial charge on any atom is 0.244 e. The second kappa shape index (κ2) is 6.84. The van der Waals surface area contributed by atoms with Gasteiger partial charge in [0.15, 0.2) is 0 Å². The van der Waals surface area contributed by atoms with Crippen LogP contribution >= 0.6 is 23.2 Å². The van der Waals surface area contributed by atoms with E-state index in [2.05, 4.69) is 12.2 Å². The van der Waals surface area contributed by atoms with Gasteiger partial charge in [-0.1, -0.05) is 36.5 Å². The van der Waals surface area contributed by atoms with Crippen LogP contribution in [0.2, 0.25) is 10.0 Å². The van der Waals surface area contributed by atoms with E-state index in [-0.39, 0.29) is 9.92 Å². The summed E-state index contributed by atoms with van der Waals surface area (Å²) in [7, 11) is -1.79. The van der Waals surface area contributed by atoms with Gasteiger partial charge in [0, 0.05) is 30.2 Å². The summed E-state index contributed by atoms with van der Waals surface area (Å²) in [4.78, 5) is 0.149. The van der Waals surface area contributed by atoms with Crippen LogP contribution in [0.3, 0.4) is 0 Å². The van der Waals surface area contributed by atoms with E-state index < -0.39 is 10.0 Å². The Labute approximate surface area is 136 Å². The lowest BCUT2D eigenvalue weighted by Crippen LogP contribution is -2.29. The van der Waals surface area contributed by atoms with Crippen LogP contribution in [0.1, 0.15) is 25.3 Å². The Morgan fingerprint density at radius 2 is 2.10 bits per heavy atom. The van der Waals surface area contributed by atoms with Crippen molar-refractivity contribution in [3.05, 3.63) is 27.7 Å². The Morgan fingerprint density at radius 3 is 2.67 bits per heavy atom. The van der Waals surface area contributed by atoms with E-state index in [1.807, 2.05) is 0 Å². The highest BCUT2D eigenvalue weighted by molar-refractivity contribution is 7.89. The van der Waals surface area contributed by atoms with Crippen LogP contribution in [0.15, 0.2) is 17.0 Å². The summed E-state index contributed by atoms with van der Waals surface area (Å²) >= 11 is 12.4. The SMILES string of the molecule is CCC1CCN(S(=O)(=O)c2ccc(Cl)c(CNC)c2Cl)C1. The molecule has 1 aliphatic heterocycles. The summed E-state index contributed by atoms with van der Waals surface area (Å²) in [5, 5.41) is 3.65. The molecule has 1 aliphatic rings. The number of sulfonamides is 1. The average Bonchev–Trinajstić information content (AvgIpc) is 2.92. The average molecular weight is 351 g/mol. The van der Waals surface area contributed by atoms with E-state index in [0.717, 1.165) is 12.8 Å². The third-order valence-corrected chi connectivity index (χ3v) is 6.75. The fraction of sp³-hybridized carbons (Fsp3) is 0.571. The minimum absolute atomic E-state index is 0.149. The molecule has 1 saturated heterocycles. The number of halogens is 2. The first kappa shape index (κ1) is 17.0. The Hall–Kier alpha value is -0.330. The fourth-order valence-electron chi connectivity index (χ4n) is 2.60. The molecule has 1 atom stereocenters. The van der Waals surface area contributed by atoms with Crippen LogP contribution in [-0.4, -0.2) is 32.9 Å². The van der Waals surface area contributed by atoms with Gasteiger partial charge in [0.2, 0.25) is 10.0 Å². The summed E-state index contributed by atoms with van der Waals surface area (Å²) in [5.41, 5.74) is 0.619. The molecule has 7 heteroatoms. The molecular formula is C14H20Cl2N2O2S. The van der Waals surface area contributed by atoms with E-state index in [1.165, 1.54) is 10.4 Å². The van der Waals surface area contributed by atoms with Crippen molar-refractivity contribution in [1.29, 1.82) is 0 Å². The zero-order valence-corrected chi connectivity index (χ0v) is 14.5. The molecule has 0 spiro atoms. The molecule has 0 aromatic heterocycles. The van der Waals surface area contributed by atoms with Crippen molar-refractivity contribution in [1.82, 2.24) is 9.62 Å². The van der Waals surface area contributed by atoms with Crippen molar-refractivity contribution in [2.75, 3.05) is 20.1 Å². The smallest absolute Gasteiger partial charge is 0.244 e. The van der Waals surface area contributed by atoms with Gasteiger partial charge in [-0.3, -0.25) is 0 Å². The predicted octanol–water partition coefficient (Wildman–Crippen LogP) is 3.13. The fourth-order valence-corrected chi connectivity index (χ4v) is 5.02. The van der Waals surface area contributed by atoms with Gasteiger partial charge in [-0.25, -0.2) is 8.42 Å². The molecule has 0 amide bonds. The molecule has 21 heavy (non-hydrogen) atoms. The molecular weight excluding hydrogens is 331 g/mol.